The number of carbonyl (C=O) groups excluding carboxylic acids is 2. The van der Waals surface area contributed by atoms with Crippen LogP contribution in [0.25, 0.3) is 0 Å². The van der Waals surface area contributed by atoms with E-state index in [1.54, 1.807) is 24.8 Å². The Kier molecular flexibility index (Phi) is 7.37. The third-order valence-electron chi connectivity index (χ3n) is 4.11. The van der Waals surface area contributed by atoms with E-state index in [4.69, 9.17) is 32.7 Å². The Morgan fingerprint density at radius 2 is 2.15 bits per heavy atom. The van der Waals surface area contributed by atoms with E-state index in [1.165, 1.54) is 0 Å². The summed E-state index contributed by atoms with van der Waals surface area (Å²) in [4.78, 5) is 29.0. The first-order valence-electron chi connectivity index (χ1n) is 8.37. The summed E-state index contributed by atoms with van der Waals surface area (Å²) in [5.74, 6) is -0.369. The molecule has 2 amide bonds. The second kappa shape index (κ2) is 9.30. The number of H-pyrrole nitrogens is 1. The molecule has 0 aliphatic carbocycles. The molecule has 1 saturated heterocycles. The molecule has 2 unspecified atom stereocenters. The highest BCUT2D eigenvalue weighted by atomic mass is 35.5. The third kappa shape index (κ3) is 4.72. The molecule has 2 heterocycles. The summed E-state index contributed by atoms with van der Waals surface area (Å²) in [5, 5.41) is 3.43. The lowest BCUT2D eigenvalue weighted by Gasteiger charge is -2.37. The standard InChI is InChI=1S/C17H23Cl2N3O4/c1-4-8-26-12-9-22(17(24)25-5-2)7-6-11(12)21-16(23)15-14(19)13(18)10(3)20-15/h4,11-12,20H,1,5-9H2,2-3H3,(H,21,23). The zero-order chi connectivity index (χ0) is 19.3. The van der Waals surface area contributed by atoms with Crippen molar-refractivity contribution in [2.45, 2.75) is 32.4 Å². The van der Waals surface area contributed by atoms with Crippen LogP contribution in [0.15, 0.2) is 12.7 Å². The van der Waals surface area contributed by atoms with Crippen molar-refractivity contribution in [3.05, 3.63) is 34.1 Å². The normalized spacial score (nSPS) is 19.9. The zero-order valence-electron chi connectivity index (χ0n) is 14.8. The Morgan fingerprint density at radius 3 is 2.73 bits per heavy atom. The van der Waals surface area contributed by atoms with Gasteiger partial charge in [0.25, 0.3) is 5.91 Å². The van der Waals surface area contributed by atoms with E-state index in [1.807, 2.05) is 0 Å². The van der Waals surface area contributed by atoms with Crippen molar-refractivity contribution in [3.63, 3.8) is 0 Å². The number of likely N-dealkylation sites (tertiary alicyclic amines) is 1. The number of amides is 2. The van der Waals surface area contributed by atoms with Crippen molar-refractivity contribution in [3.8, 4) is 0 Å². The monoisotopic (exact) mass is 403 g/mol. The number of ether oxygens (including phenoxy) is 2. The van der Waals surface area contributed by atoms with Crippen LogP contribution in [0.2, 0.25) is 10.0 Å². The molecule has 0 spiro atoms. The number of piperidine rings is 1. The molecular weight excluding hydrogens is 381 g/mol. The number of nitrogens with one attached hydrogen (secondary N) is 2. The van der Waals surface area contributed by atoms with Crippen LogP contribution in [0.3, 0.4) is 0 Å². The number of nitrogens with zero attached hydrogens (tertiary/aromatic N) is 1. The van der Waals surface area contributed by atoms with E-state index in [0.29, 0.717) is 43.4 Å². The Morgan fingerprint density at radius 1 is 1.42 bits per heavy atom. The average Bonchev–Trinajstić information content (AvgIpc) is 2.88. The van der Waals surface area contributed by atoms with Gasteiger partial charge in [-0.25, -0.2) is 4.79 Å². The van der Waals surface area contributed by atoms with Gasteiger partial charge < -0.3 is 24.7 Å². The first-order valence-corrected chi connectivity index (χ1v) is 9.13. The largest absolute Gasteiger partial charge is 0.450 e. The van der Waals surface area contributed by atoms with Gasteiger partial charge in [-0.3, -0.25) is 4.79 Å². The van der Waals surface area contributed by atoms with Gasteiger partial charge in [-0.15, -0.1) is 6.58 Å². The van der Waals surface area contributed by atoms with Gasteiger partial charge in [0, 0.05) is 12.2 Å². The molecule has 2 atom stereocenters. The minimum absolute atomic E-state index is 0.189. The van der Waals surface area contributed by atoms with Gasteiger partial charge in [0.05, 0.1) is 41.9 Å². The first-order chi connectivity index (χ1) is 12.4. The van der Waals surface area contributed by atoms with Gasteiger partial charge in [-0.2, -0.15) is 0 Å². The minimum Gasteiger partial charge on any atom is -0.450 e. The van der Waals surface area contributed by atoms with Crippen molar-refractivity contribution in [2.24, 2.45) is 0 Å². The fourth-order valence-electron chi connectivity index (χ4n) is 2.79. The Bertz CT molecular complexity index is 677. The second-order valence-electron chi connectivity index (χ2n) is 5.93. The lowest BCUT2D eigenvalue weighted by atomic mass is 10.0. The first kappa shape index (κ1) is 20.6. The average molecular weight is 404 g/mol. The molecule has 1 fully saturated rings. The van der Waals surface area contributed by atoms with Crippen molar-refractivity contribution in [1.29, 1.82) is 0 Å². The summed E-state index contributed by atoms with van der Waals surface area (Å²) < 4.78 is 10.8. The molecule has 7 nitrogen and oxygen atoms in total. The van der Waals surface area contributed by atoms with Crippen LogP contribution in [-0.4, -0.2) is 60.3 Å². The number of hydrogen-bond acceptors (Lipinski definition) is 4. The number of aryl methyl sites for hydroxylation is 1. The maximum atomic E-state index is 12.6. The molecule has 9 heteroatoms. The van der Waals surface area contributed by atoms with Gasteiger partial charge >= 0.3 is 6.09 Å². The fraction of sp³-hybridized carbons (Fsp3) is 0.529. The smallest absolute Gasteiger partial charge is 0.409 e. The number of halogens is 2. The molecule has 1 aromatic rings. The molecule has 1 aliphatic rings. The predicted octanol–water partition coefficient (Wildman–Crippen LogP) is 3.16. The highest BCUT2D eigenvalue weighted by molar-refractivity contribution is 6.44. The highest BCUT2D eigenvalue weighted by Gasteiger charge is 2.34. The van der Waals surface area contributed by atoms with Crippen molar-refractivity contribution in [2.75, 3.05) is 26.3 Å². The maximum Gasteiger partial charge on any atom is 0.409 e. The molecule has 1 aromatic heterocycles. The van der Waals surface area contributed by atoms with E-state index >= 15 is 0 Å². The molecule has 2 N–H and O–H groups in total. The van der Waals surface area contributed by atoms with Crippen LogP contribution >= 0.6 is 23.2 Å². The SMILES string of the molecule is C=CCOC1CN(C(=O)OCC)CCC1NC(=O)c1[nH]c(C)c(Cl)c1Cl. The second-order valence-corrected chi connectivity index (χ2v) is 6.68. The van der Waals surface area contributed by atoms with Crippen LogP contribution in [-0.2, 0) is 9.47 Å². The number of hydrogen-bond donors (Lipinski definition) is 2. The van der Waals surface area contributed by atoms with Gasteiger partial charge in [-0.1, -0.05) is 29.3 Å². The lowest BCUT2D eigenvalue weighted by Crippen LogP contribution is -2.56. The molecule has 0 saturated carbocycles. The van der Waals surface area contributed by atoms with Crippen LogP contribution in [0, 0.1) is 6.92 Å². The Hall–Kier alpha value is -1.70. The number of rotatable bonds is 6. The minimum atomic E-state index is -0.390. The van der Waals surface area contributed by atoms with E-state index < -0.39 is 0 Å². The summed E-state index contributed by atoms with van der Waals surface area (Å²) in [6.07, 6.45) is 1.37. The number of aromatic nitrogens is 1. The topological polar surface area (TPSA) is 83.7 Å². The van der Waals surface area contributed by atoms with Crippen LogP contribution < -0.4 is 5.32 Å². The quantitative estimate of drug-likeness (QED) is 0.714. The van der Waals surface area contributed by atoms with Crippen LogP contribution in [0.1, 0.15) is 29.5 Å². The van der Waals surface area contributed by atoms with Gasteiger partial charge in [0.1, 0.15) is 5.69 Å². The molecule has 144 valence electrons. The summed E-state index contributed by atoms with van der Waals surface area (Å²) in [6.45, 7) is 8.50. The summed E-state index contributed by atoms with van der Waals surface area (Å²) in [6, 6.07) is -0.286. The molecule has 0 aromatic carbocycles. The van der Waals surface area contributed by atoms with Crippen molar-refractivity contribution >= 4 is 35.2 Å². The van der Waals surface area contributed by atoms with Crippen molar-refractivity contribution < 1.29 is 19.1 Å². The molecule has 26 heavy (non-hydrogen) atoms. The molecule has 0 bridgehead atoms. The van der Waals surface area contributed by atoms with Gasteiger partial charge in [0.2, 0.25) is 0 Å². The van der Waals surface area contributed by atoms with Crippen LogP contribution in [0.4, 0.5) is 4.79 Å². The maximum absolute atomic E-state index is 12.6. The van der Waals surface area contributed by atoms with E-state index in [2.05, 4.69) is 16.9 Å². The Balaban J connectivity index is 2.08. The van der Waals surface area contributed by atoms with E-state index in [9.17, 15) is 9.59 Å². The van der Waals surface area contributed by atoms with E-state index in [0.717, 1.165) is 0 Å². The molecule has 1 aliphatic heterocycles. The zero-order valence-corrected chi connectivity index (χ0v) is 16.3. The molecule has 2 rings (SSSR count). The van der Waals surface area contributed by atoms with Crippen LogP contribution in [0.5, 0.6) is 0 Å². The Labute approximate surface area is 162 Å². The molecular formula is C17H23Cl2N3O4. The summed E-state index contributed by atoms with van der Waals surface area (Å²) >= 11 is 12.1. The van der Waals surface area contributed by atoms with Crippen molar-refractivity contribution in [1.82, 2.24) is 15.2 Å². The third-order valence-corrected chi connectivity index (χ3v) is 5.06. The molecule has 0 radical (unpaired) electrons. The highest BCUT2D eigenvalue weighted by Crippen LogP contribution is 2.29. The van der Waals surface area contributed by atoms with Gasteiger partial charge in [0.15, 0.2) is 0 Å². The fourth-order valence-corrected chi connectivity index (χ4v) is 3.21. The van der Waals surface area contributed by atoms with Gasteiger partial charge in [-0.05, 0) is 20.3 Å². The summed E-state index contributed by atoms with van der Waals surface area (Å²) in [5.41, 5.74) is 0.836. The number of aromatic amines is 1. The lowest BCUT2D eigenvalue weighted by molar-refractivity contribution is -0.00918. The van der Waals surface area contributed by atoms with E-state index in [-0.39, 0.29) is 34.9 Å². The summed E-state index contributed by atoms with van der Waals surface area (Å²) in [7, 11) is 0. The predicted molar refractivity (Wildman–Crippen MR) is 100.0 cm³/mol. The number of carbonyl (C=O) groups is 2.